The van der Waals surface area contributed by atoms with Crippen molar-refractivity contribution in [3.63, 3.8) is 0 Å². The first-order valence-electron chi connectivity index (χ1n) is 6.34. The van der Waals surface area contributed by atoms with Crippen LogP contribution in [0, 0.1) is 0 Å². The van der Waals surface area contributed by atoms with Gasteiger partial charge in [-0.15, -0.1) is 0 Å². The second kappa shape index (κ2) is 5.18. The van der Waals surface area contributed by atoms with E-state index in [1.54, 1.807) is 18.2 Å². The smallest absolute Gasteiger partial charge is 0.354 e. The molecule has 0 amide bonds. The summed E-state index contributed by atoms with van der Waals surface area (Å²) in [5, 5.41) is 1.12. The number of aromatic amines is 1. The monoisotopic (exact) mass is 323 g/mol. The Kier molecular flexibility index (Phi) is 3.45. The molecule has 0 radical (unpaired) electrons. The van der Waals surface area contributed by atoms with Gasteiger partial charge >= 0.3 is 6.18 Å². The van der Waals surface area contributed by atoms with Gasteiger partial charge in [0.05, 0.1) is 11.3 Å². The minimum absolute atomic E-state index is 0.372. The molecule has 0 bridgehead atoms. The molecule has 0 fully saturated rings. The lowest BCUT2D eigenvalue weighted by Gasteiger charge is -2.07. The number of fused-ring (bicyclic) bond motifs is 1. The standard InChI is InChI=1S/C16H9ClF3NO/c17-11-5-6-14-12(7-11)13(8-22)15(21-14)9-1-3-10(4-2-9)16(18,19)20/h1-8,21H. The number of halogens is 4. The topological polar surface area (TPSA) is 32.9 Å². The van der Waals surface area contributed by atoms with Gasteiger partial charge in [-0.2, -0.15) is 13.2 Å². The zero-order chi connectivity index (χ0) is 15.9. The van der Waals surface area contributed by atoms with Gasteiger partial charge in [0, 0.05) is 21.5 Å². The molecule has 0 aliphatic rings. The summed E-state index contributed by atoms with van der Waals surface area (Å²) in [4.78, 5) is 14.4. The van der Waals surface area contributed by atoms with Crippen molar-refractivity contribution in [2.45, 2.75) is 6.18 Å². The van der Waals surface area contributed by atoms with Crippen molar-refractivity contribution in [2.75, 3.05) is 0 Å². The number of hydrogen-bond donors (Lipinski definition) is 1. The fraction of sp³-hybridized carbons (Fsp3) is 0.0625. The van der Waals surface area contributed by atoms with Crippen molar-refractivity contribution < 1.29 is 18.0 Å². The Hall–Kier alpha value is -2.27. The minimum atomic E-state index is -4.39. The quantitative estimate of drug-likeness (QED) is 0.636. The van der Waals surface area contributed by atoms with E-state index < -0.39 is 11.7 Å². The number of hydrogen-bond acceptors (Lipinski definition) is 1. The molecule has 0 saturated heterocycles. The molecule has 1 heterocycles. The zero-order valence-electron chi connectivity index (χ0n) is 11.0. The fourth-order valence-electron chi connectivity index (χ4n) is 2.36. The highest BCUT2D eigenvalue weighted by Gasteiger charge is 2.30. The number of alkyl halides is 3. The van der Waals surface area contributed by atoms with E-state index in [9.17, 15) is 18.0 Å². The maximum atomic E-state index is 12.6. The number of carbonyl (C=O) groups excluding carboxylic acids is 1. The van der Waals surface area contributed by atoms with Crippen LogP contribution < -0.4 is 0 Å². The number of nitrogens with one attached hydrogen (secondary N) is 1. The van der Waals surface area contributed by atoms with E-state index in [1.165, 1.54) is 12.1 Å². The molecule has 0 atom stereocenters. The van der Waals surface area contributed by atoms with Crippen LogP contribution in [0.1, 0.15) is 15.9 Å². The predicted molar refractivity (Wildman–Crippen MR) is 79.1 cm³/mol. The van der Waals surface area contributed by atoms with Gasteiger partial charge in [-0.25, -0.2) is 0 Å². The molecule has 2 aromatic carbocycles. The van der Waals surface area contributed by atoms with Crippen molar-refractivity contribution in [1.82, 2.24) is 4.98 Å². The normalized spacial score (nSPS) is 11.8. The lowest BCUT2D eigenvalue weighted by Crippen LogP contribution is -2.04. The molecule has 3 rings (SSSR count). The van der Waals surface area contributed by atoms with Crippen molar-refractivity contribution in [2.24, 2.45) is 0 Å². The Labute approximate surface area is 128 Å². The molecule has 1 aromatic heterocycles. The first-order chi connectivity index (χ1) is 10.4. The molecule has 1 N–H and O–H groups in total. The van der Waals surface area contributed by atoms with E-state index in [0.29, 0.717) is 39.0 Å². The first kappa shape index (κ1) is 14.7. The van der Waals surface area contributed by atoms with E-state index in [-0.39, 0.29) is 0 Å². The Bertz CT molecular complexity index is 850. The molecular weight excluding hydrogens is 315 g/mol. The molecule has 3 aromatic rings. The van der Waals surface area contributed by atoms with Crippen LogP contribution in [0.15, 0.2) is 42.5 Å². The Balaban J connectivity index is 2.15. The van der Waals surface area contributed by atoms with E-state index in [1.807, 2.05) is 0 Å². The molecule has 112 valence electrons. The highest BCUT2D eigenvalue weighted by Crippen LogP contribution is 2.34. The summed E-state index contributed by atoms with van der Waals surface area (Å²) in [6.45, 7) is 0. The second-order valence-corrected chi connectivity index (χ2v) is 5.23. The van der Waals surface area contributed by atoms with Gasteiger partial charge in [0.15, 0.2) is 6.29 Å². The second-order valence-electron chi connectivity index (χ2n) is 4.80. The van der Waals surface area contributed by atoms with Gasteiger partial charge in [-0.1, -0.05) is 23.7 Å². The van der Waals surface area contributed by atoms with E-state index >= 15 is 0 Å². The summed E-state index contributed by atoms with van der Waals surface area (Å²) in [6, 6.07) is 9.68. The molecule has 2 nitrogen and oxygen atoms in total. The predicted octanol–water partition coefficient (Wildman–Crippen LogP) is 5.32. The largest absolute Gasteiger partial charge is 0.416 e. The van der Waals surface area contributed by atoms with Gasteiger partial charge < -0.3 is 4.98 Å². The Morgan fingerprint density at radius 2 is 1.73 bits per heavy atom. The average Bonchev–Trinajstić information content (AvgIpc) is 2.84. The molecule has 6 heteroatoms. The summed E-state index contributed by atoms with van der Waals surface area (Å²) < 4.78 is 37.8. The Morgan fingerprint density at radius 3 is 2.32 bits per heavy atom. The summed E-state index contributed by atoms with van der Waals surface area (Å²) >= 11 is 5.92. The van der Waals surface area contributed by atoms with Crippen molar-refractivity contribution in [1.29, 1.82) is 0 Å². The third kappa shape index (κ3) is 2.48. The van der Waals surface area contributed by atoms with Crippen LogP contribution in [0.5, 0.6) is 0 Å². The van der Waals surface area contributed by atoms with E-state index in [0.717, 1.165) is 12.1 Å². The molecule has 0 unspecified atom stereocenters. The van der Waals surface area contributed by atoms with Gasteiger partial charge in [0.25, 0.3) is 0 Å². The number of aldehydes is 1. The Morgan fingerprint density at radius 1 is 1.05 bits per heavy atom. The molecular formula is C16H9ClF3NO. The lowest BCUT2D eigenvalue weighted by atomic mass is 10.0. The van der Waals surface area contributed by atoms with E-state index in [2.05, 4.69) is 4.98 Å². The van der Waals surface area contributed by atoms with Gasteiger partial charge in [0.1, 0.15) is 0 Å². The van der Waals surface area contributed by atoms with Crippen LogP contribution in [-0.4, -0.2) is 11.3 Å². The molecule has 0 spiro atoms. The maximum Gasteiger partial charge on any atom is 0.416 e. The SMILES string of the molecule is O=Cc1c(-c2ccc(C(F)(F)F)cc2)[nH]c2ccc(Cl)cc12. The highest BCUT2D eigenvalue weighted by atomic mass is 35.5. The molecule has 0 aliphatic carbocycles. The third-order valence-electron chi connectivity index (χ3n) is 3.42. The number of carbonyl (C=O) groups is 1. The van der Waals surface area contributed by atoms with Crippen LogP contribution in [0.25, 0.3) is 22.2 Å². The van der Waals surface area contributed by atoms with Crippen molar-refractivity contribution in [3.8, 4) is 11.3 Å². The van der Waals surface area contributed by atoms with E-state index in [4.69, 9.17) is 11.6 Å². The number of aromatic nitrogens is 1. The van der Waals surface area contributed by atoms with Crippen molar-refractivity contribution in [3.05, 3.63) is 58.6 Å². The fourth-order valence-corrected chi connectivity index (χ4v) is 2.53. The molecule has 0 aliphatic heterocycles. The van der Waals surface area contributed by atoms with Gasteiger partial charge in [-0.05, 0) is 35.9 Å². The average molecular weight is 324 g/mol. The summed E-state index contributed by atoms with van der Waals surface area (Å²) in [7, 11) is 0. The third-order valence-corrected chi connectivity index (χ3v) is 3.65. The number of H-pyrrole nitrogens is 1. The molecule has 0 saturated carbocycles. The lowest BCUT2D eigenvalue weighted by molar-refractivity contribution is -0.137. The minimum Gasteiger partial charge on any atom is -0.354 e. The zero-order valence-corrected chi connectivity index (χ0v) is 11.8. The van der Waals surface area contributed by atoms with Crippen molar-refractivity contribution >= 4 is 28.8 Å². The summed E-state index contributed by atoms with van der Waals surface area (Å²) in [6.07, 6.45) is -3.72. The van der Waals surface area contributed by atoms with Crippen LogP contribution in [0.2, 0.25) is 5.02 Å². The molecule has 22 heavy (non-hydrogen) atoms. The van der Waals surface area contributed by atoms with Crippen LogP contribution in [-0.2, 0) is 6.18 Å². The van der Waals surface area contributed by atoms with Crippen LogP contribution in [0.3, 0.4) is 0 Å². The van der Waals surface area contributed by atoms with Crippen LogP contribution >= 0.6 is 11.6 Å². The van der Waals surface area contributed by atoms with Crippen LogP contribution in [0.4, 0.5) is 13.2 Å². The van der Waals surface area contributed by atoms with Gasteiger partial charge in [-0.3, -0.25) is 4.79 Å². The first-order valence-corrected chi connectivity index (χ1v) is 6.72. The number of rotatable bonds is 2. The van der Waals surface area contributed by atoms with Gasteiger partial charge in [0.2, 0.25) is 0 Å². The summed E-state index contributed by atoms with van der Waals surface area (Å²) in [5.41, 5.74) is 1.31. The highest BCUT2D eigenvalue weighted by molar-refractivity contribution is 6.31. The maximum absolute atomic E-state index is 12.6. The summed E-state index contributed by atoms with van der Waals surface area (Å²) in [5.74, 6) is 0. The number of benzene rings is 2.